The number of nitrogens with zero attached hydrogens (tertiary/aromatic N) is 1. The molecule has 0 bridgehead atoms. The van der Waals surface area contributed by atoms with Crippen LogP contribution in [0.5, 0.6) is 0 Å². The van der Waals surface area contributed by atoms with Gasteiger partial charge in [0, 0.05) is 0 Å². The predicted molar refractivity (Wildman–Crippen MR) is 74.7 cm³/mol. The topological polar surface area (TPSA) is 28.4 Å². The molecule has 3 nitrogen and oxygen atoms in total. The van der Waals surface area contributed by atoms with Gasteiger partial charge in [-0.2, -0.15) is 0 Å². The van der Waals surface area contributed by atoms with Gasteiger partial charge in [0.15, 0.2) is 0 Å². The van der Waals surface area contributed by atoms with E-state index in [1.807, 2.05) is 13.0 Å². The Morgan fingerprint density at radius 2 is 2.11 bits per heavy atom. The highest BCUT2D eigenvalue weighted by molar-refractivity contribution is 5.08. The van der Waals surface area contributed by atoms with E-state index in [0.29, 0.717) is 6.04 Å². The summed E-state index contributed by atoms with van der Waals surface area (Å²) in [5, 5.41) is 3.60. The predicted octanol–water partition coefficient (Wildman–Crippen LogP) is 2.97. The van der Waals surface area contributed by atoms with E-state index in [1.54, 1.807) is 0 Å². The van der Waals surface area contributed by atoms with E-state index in [9.17, 15) is 0 Å². The van der Waals surface area contributed by atoms with Crippen LogP contribution in [0.25, 0.3) is 0 Å². The molecule has 1 saturated heterocycles. The first-order chi connectivity index (χ1) is 8.69. The largest absolute Gasteiger partial charge is 0.465 e. The lowest BCUT2D eigenvalue weighted by Gasteiger charge is -2.31. The zero-order chi connectivity index (χ0) is 13.0. The Bertz CT molecular complexity index is 353. The molecule has 1 N–H and O–H groups in total. The van der Waals surface area contributed by atoms with Crippen LogP contribution in [0.1, 0.15) is 44.3 Å². The van der Waals surface area contributed by atoms with Crippen LogP contribution in [0.3, 0.4) is 0 Å². The van der Waals surface area contributed by atoms with E-state index in [1.165, 1.54) is 32.5 Å². The number of piperidine rings is 1. The van der Waals surface area contributed by atoms with E-state index in [2.05, 4.69) is 30.1 Å². The highest BCUT2D eigenvalue weighted by atomic mass is 16.3. The van der Waals surface area contributed by atoms with Gasteiger partial charge in [-0.1, -0.05) is 6.92 Å². The zero-order valence-electron chi connectivity index (χ0n) is 11.9. The molecule has 0 aromatic carbocycles. The summed E-state index contributed by atoms with van der Waals surface area (Å²) in [4.78, 5) is 2.54. The molecule has 1 fully saturated rings. The number of nitrogens with one attached hydrogen (secondary N) is 1. The molecule has 18 heavy (non-hydrogen) atoms. The molecule has 0 amide bonds. The van der Waals surface area contributed by atoms with Gasteiger partial charge < -0.3 is 14.6 Å². The Morgan fingerprint density at radius 3 is 2.67 bits per heavy atom. The van der Waals surface area contributed by atoms with Crippen LogP contribution in [0.4, 0.5) is 0 Å². The standard InChI is InChI=1S/C15H26N2O/c1-4-17-9-7-14(8-10-17)11-16-13(3)15-6-5-12(2)18-15/h5-6,13-14,16H,4,7-11H2,1-3H3. The summed E-state index contributed by atoms with van der Waals surface area (Å²) in [7, 11) is 0. The summed E-state index contributed by atoms with van der Waals surface area (Å²) in [6.45, 7) is 11.3. The van der Waals surface area contributed by atoms with Gasteiger partial charge in [0.05, 0.1) is 6.04 Å². The first-order valence-corrected chi connectivity index (χ1v) is 7.21. The molecule has 1 atom stereocenters. The van der Waals surface area contributed by atoms with Crippen molar-refractivity contribution in [3.05, 3.63) is 23.7 Å². The van der Waals surface area contributed by atoms with E-state index in [0.717, 1.165) is 24.0 Å². The van der Waals surface area contributed by atoms with Gasteiger partial charge in [0.25, 0.3) is 0 Å². The Kier molecular flexibility index (Phi) is 4.84. The van der Waals surface area contributed by atoms with Crippen molar-refractivity contribution in [3.8, 4) is 0 Å². The maximum absolute atomic E-state index is 5.65. The summed E-state index contributed by atoms with van der Waals surface area (Å²) in [5.41, 5.74) is 0. The van der Waals surface area contributed by atoms with E-state index >= 15 is 0 Å². The molecule has 2 heterocycles. The normalized spacial score (nSPS) is 20.2. The molecule has 3 heteroatoms. The summed E-state index contributed by atoms with van der Waals surface area (Å²) < 4.78 is 5.65. The van der Waals surface area contributed by atoms with E-state index in [-0.39, 0.29) is 0 Å². The van der Waals surface area contributed by atoms with Crippen molar-refractivity contribution in [2.45, 2.75) is 39.7 Å². The van der Waals surface area contributed by atoms with Crippen molar-refractivity contribution < 1.29 is 4.42 Å². The molecular weight excluding hydrogens is 224 g/mol. The van der Waals surface area contributed by atoms with E-state index in [4.69, 9.17) is 4.42 Å². The molecular formula is C15H26N2O. The molecule has 0 spiro atoms. The molecule has 1 aromatic heterocycles. The Labute approximate surface area is 111 Å². The van der Waals surface area contributed by atoms with Crippen molar-refractivity contribution in [2.75, 3.05) is 26.2 Å². The van der Waals surface area contributed by atoms with Gasteiger partial charge >= 0.3 is 0 Å². The molecule has 0 radical (unpaired) electrons. The lowest BCUT2D eigenvalue weighted by atomic mass is 9.96. The van der Waals surface area contributed by atoms with Crippen LogP contribution in [0.15, 0.2) is 16.5 Å². The van der Waals surface area contributed by atoms with Gasteiger partial charge in [-0.05, 0) is 70.9 Å². The van der Waals surface area contributed by atoms with Crippen LogP contribution in [-0.4, -0.2) is 31.1 Å². The fourth-order valence-corrected chi connectivity index (χ4v) is 2.64. The van der Waals surface area contributed by atoms with Crippen LogP contribution in [-0.2, 0) is 0 Å². The van der Waals surface area contributed by atoms with Gasteiger partial charge in [0.1, 0.15) is 11.5 Å². The average Bonchev–Trinajstić information content (AvgIpc) is 2.83. The van der Waals surface area contributed by atoms with Gasteiger partial charge in [-0.25, -0.2) is 0 Å². The summed E-state index contributed by atoms with van der Waals surface area (Å²) >= 11 is 0. The van der Waals surface area contributed by atoms with Crippen molar-refractivity contribution >= 4 is 0 Å². The molecule has 1 aliphatic rings. The lowest BCUT2D eigenvalue weighted by Crippen LogP contribution is -2.37. The number of furan rings is 1. The van der Waals surface area contributed by atoms with Crippen LogP contribution in [0.2, 0.25) is 0 Å². The van der Waals surface area contributed by atoms with Crippen LogP contribution >= 0.6 is 0 Å². The minimum absolute atomic E-state index is 0.322. The molecule has 1 aliphatic heterocycles. The Hall–Kier alpha value is -0.800. The summed E-state index contributed by atoms with van der Waals surface area (Å²) in [5.74, 6) is 2.87. The Morgan fingerprint density at radius 1 is 1.39 bits per heavy atom. The smallest absolute Gasteiger partial charge is 0.120 e. The number of hydrogen-bond donors (Lipinski definition) is 1. The maximum Gasteiger partial charge on any atom is 0.120 e. The van der Waals surface area contributed by atoms with Crippen LogP contribution < -0.4 is 5.32 Å². The lowest BCUT2D eigenvalue weighted by molar-refractivity contribution is 0.187. The summed E-state index contributed by atoms with van der Waals surface area (Å²) in [6, 6.07) is 4.43. The molecule has 1 unspecified atom stereocenters. The first-order valence-electron chi connectivity index (χ1n) is 7.21. The van der Waals surface area contributed by atoms with Crippen molar-refractivity contribution in [3.63, 3.8) is 0 Å². The summed E-state index contributed by atoms with van der Waals surface area (Å²) in [6.07, 6.45) is 2.65. The Balaban J connectivity index is 1.72. The third kappa shape index (κ3) is 3.59. The highest BCUT2D eigenvalue weighted by Gasteiger charge is 2.19. The van der Waals surface area contributed by atoms with Crippen molar-refractivity contribution in [1.82, 2.24) is 10.2 Å². The second-order valence-corrected chi connectivity index (χ2v) is 5.46. The second-order valence-electron chi connectivity index (χ2n) is 5.46. The van der Waals surface area contributed by atoms with E-state index < -0.39 is 0 Å². The fraction of sp³-hybridized carbons (Fsp3) is 0.733. The van der Waals surface area contributed by atoms with Crippen molar-refractivity contribution in [2.24, 2.45) is 5.92 Å². The van der Waals surface area contributed by atoms with Gasteiger partial charge in [-0.15, -0.1) is 0 Å². The molecule has 0 saturated carbocycles. The number of likely N-dealkylation sites (tertiary alicyclic amines) is 1. The van der Waals surface area contributed by atoms with Gasteiger partial charge in [0.2, 0.25) is 0 Å². The third-order valence-electron chi connectivity index (χ3n) is 4.06. The highest BCUT2D eigenvalue weighted by Crippen LogP contribution is 2.19. The minimum Gasteiger partial charge on any atom is -0.465 e. The molecule has 0 aliphatic carbocycles. The second kappa shape index (κ2) is 6.39. The van der Waals surface area contributed by atoms with Crippen molar-refractivity contribution in [1.29, 1.82) is 0 Å². The minimum atomic E-state index is 0.322. The monoisotopic (exact) mass is 250 g/mol. The first kappa shape index (κ1) is 13.6. The average molecular weight is 250 g/mol. The SMILES string of the molecule is CCN1CCC(CNC(C)c2ccc(C)o2)CC1. The van der Waals surface area contributed by atoms with Crippen LogP contribution in [0, 0.1) is 12.8 Å². The maximum atomic E-state index is 5.65. The molecule has 1 aromatic rings. The third-order valence-corrected chi connectivity index (χ3v) is 4.06. The fourth-order valence-electron chi connectivity index (χ4n) is 2.64. The number of aryl methyl sites for hydroxylation is 1. The quantitative estimate of drug-likeness (QED) is 0.871. The number of hydrogen-bond acceptors (Lipinski definition) is 3. The molecule has 102 valence electrons. The molecule has 2 rings (SSSR count). The zero-order valence-corrected chi connectivity index (χ0v) is 11.9. The van der Waals surface area contributed by atoms with Gasteiger partial charge in [-0.3, -0.25) is 0 Å². The number of rotatable bonds is 5.